The molecule has 0 aliphatic rings. The molecule has 1 heterocycles. The fraction of sp³-hybridized carbons (Fsp3) is 0.0952. The highest BCUT2D eigenvalue weighted by Crippen LogP contribution is 2.23. The first-order chi connectivity index (χ1) is 13.1. The number of nitrogens with zero attached hydrogens (tertiary/aromatic N) is 2. The Hall–Kier alpha value is -3.54. The molecular weight excluding hydrogens is 345 g/mol. The van der Waals surface area contributed by atoms with Crippen LogP contribution in [0.1, 0.15) is 24.1 Å². The molecule has 0 saturated heterocycles. The van der Waals surface area contributed by atoms with Crippen LogP contribution >= 0.6 is 0 Å². The number of nitrogens with one attached hydrogen (secondary N) is 1. The zero-order chi connectivity index (χ0) is 19.1. The molecule has 5 nitrogen and oxygen atoms in total. The summed E-state index contributed by atoms with van der Waals surface area (Å²) < 4.78 is 18.9. The average Bonchev–Trinajstić information content (AvgIpc) is 2.67. The summed E-state index contributed by atoms with van der Waals surface area (Å²) in [6.07, 6.45) is 7.52. The van der Waals surface area contributed by atoms with Crippen LogP contribution in [0.5, 0.6) is 11.5 Å². The van der Waals surface area contributed by atoms with Crippen molar-refractivity contribution in [1.29, 1.82) is 0 Å². The Morgan fingerprint density at radius 1 is 1.11 bits per heavy atom. The number of hydrogen-bond donors (Lipinski definition) is 1. The van der Waals surface area contributed by atoms with Crippen molar-refractivity contribution < 1.29 is 13.9 Å². The van der Waals surface area contributed by atoms with E-state index in [2.05, 4.69) is 15.3 Å². The van der Waals surface area contributed by atoms with Gasteiger partial charge in [0.2, 0.25) is 5.91 Å². The lowest BCUT2D eigenvalue weighted by molar-refractivity contribution is -0.117. The van der Waals surface area contributed by atoms with Crippen LogP contribution < -0.4 is 10.1 Å². The maximum atomic E-state index is 13.2. The van der Waals surface area contributed by atoms with E-state index in [-0.39, 0.29) is 17.8 Å². The minimum absolute atomic E-state index is 0.231. The van der Waals surface area contributed by atoms with Gasteiger partial charge in [0, 0.05) is 6.08 Å². The van der Waals surface area contributed by atoms with Crippen molar-refractivity contribution in [2.75, 3.05) is 0 Å². The van der Waals surface area contributed by atoms with Crippen LogP contribution in [0.4, 0.5) is 4.39 Å². The molecule has 1 unspecified atom stereocenters. The van der Waals surface area contributed by atoms with Gasteiger partial charge in [-0.15, -0.1) is 0 Å². The highest BCUT2D eigenvalue weighted by molar-refractivity contribution is 5.91. The lowest BCUT2D eigenvalue weighted by Gasteiger charge is -2.14. The van der Waals surface area contributed by atoms with Gasteiger partial charge in [-0.05, 0) is 48.4 Å². The number of halogens is 1. The Labute approximate surface area is 156 Å². The van der Waals surface area contributed by atoms with E-state index < -0.39 is 0 Å². The van der Waals surface area contributed by atoms with Gasteiger partial charge in [-0.25, -0.2) is 14.4 Å². The van der Waals surface area contributed by atoms with E-state index in [4.69, 9.17) is 4.74 Å². The van der Waals surface area contributed by atoms with Crippen LogP contribution in [0, 0.1) is 5.82 Å². The molecule has 27 heavy (non-hydrogen) atoms. The molecule has 0 bridgehead atoms. The number of hydrogen-bond acceptors (Lipinski definition) is 4. The first-order valence-electron chi connectivity index (χ1n) is 8.37. The number of amides is 1. The molecule has 3 rings (SSSR count). The van der Waals surface area contributed by atoms with Crippen LogP contribution in [-0.4, -0.2) is 15.9 Å². The fourth-order valence-electron chi connectivity index (χ4n) is 2.45. The number of benzene rings is 2. The summed E-state index contributed by atoms with van der Waals surface area (Å²) in [7, 11) is 0. The van der Waals surface area contributed by atoms with Gasteiger partial charge in [-0.3, -0.25) is 4.79 Å². The van der Waals surface area contributed by atoms with Crippen molar-refractivity contribution >= 4 is 12.0 Å². The third kappa shape index (κ3) is 5.47. The third-order valence-electron chi connectivity index (χ3n) is 3.77. The number of aromatic nitrogens is 2. The summed E-state index contributed by atoms with van der Waals surface area (Å²) in [4.78, 5) is 19.9. The third-order valence-corrected chi connectivity index (χ3v) is 3.77. The predicted molar refractivity (Wildman–Crippen MR) is 101 cm³/mol. The zero-order valence-corrected chi connectivity index (χ0v) is 14.7. The van der Waals surface area contributed by atoms with Gasteiger partial charge in [-0.1, -0.05) is 24.3 Å². The van der Waals surface area contributed by atoms with Crippen LogP contribution in [-0.2, 0) is 4.79 Å². The summed E-state index contributed by atoms with van der Waals surface area (Å²) in [6, 6.07) is 13.2. The second-order valence-corrected chi connectivity index (χ2v) is 5.87. The summed E-state index contributed by atoms with van der Waals surface area (Å²) in [5, 5.41) is 2.87. The maximum Gasteiger partial charge on any atom is 0.244 e. The molecule has 0 fully saturated rings. The van der Waals surface area contributed by atoms with E-state index in [1.165, 1.54) is 24.5 Å². The van der Waals surface area contributed by atoms with Crippen LogP contribution in [0.25, 0.3) is 6.08 Å². The molecule has 136 valence electrons. The lowest BCUT2D eigenvalue weighted by Crippen LogP contribution is -2.24. The van der Waals surface area contributed by atoms with Crippen LogP contribution in [0.3, 0.4) is 0 Å². The quantitative estimate of drug-likeness (QED) is 0.663. The van der Waals surface area contributed by atoms with E-state index >= 15 is 0 Å². The molecule has 0 aliphatic heterocycles. The van der Waals surface area contributed by atoms with Gasteiger partial charge in [0.1, 0.15) is 17.9 Å². The molecule has 0 spiro atoms. The second-order valence-electron chi connectivity index (χ2n) is 5.87. The van der Waals surface area contributed by atoms with Gasteiger partial charge >= 0.3 is 0 Å². The van der Waals surface area contributed by atoms with Crippen molar-refractivity contribution in [3.63, 3.8) is 0 Å². The number of ether oxygens (including phenoxy) is 1. The molecule has 1 amide bonds. The summed E-state index contributed by atoms with van der Waals surface area (Å²) in [5.41, 5.74) is 1.51. The average molecular weight is 363 g/mol. The Morgan fingerprint density at radius 3 is 2.67 bits per heavy atom. The topological polar surface area (TPSA) is 64.1 Å². The monoisotopic (exact) mass is 363 g/mol. The molecule has 3 aromatic rings. The number of carbonyl (C=O) groups excluding carboxylic acids is 1. The highest BCUT2D eigenvalue weighted by Gasteiger charge is 2.09. The SMILES string of the molecule is CC(NC(=O)C=Cc1cccc(F)c1)c1cccc(Oc2cncnc2)c1. The van der Waals surface area contributed by atoms with Gasteiger partial charge in [-0.2, -0.15) is 0 Å². The minimum Gasteiger partial charge on any atom is -0.454 e. The maximum absolute atomic E-state index is 13.2. The molecule has 2 aromatic carbocycles. The predicted octanol–water partition coefficient (Wildman–Crippen LogP) is 4.30. The van der Waals surface area contributed by atoms with Gasteiger partial charge in [0.05, 0.1) is 18.4 Å². The Morgan fingerprint density at radius 2 is 1.89 bits per heavy atom. The molecule has 0 saturated carbocycles. The highest BCUT2D eigenvalue weighted by atomic mass is 19.1. The zero-order valence-electron chi connectivity index (χ0n) is 14.7. The summed E-state index contributed by atoms with van der Waals surface area (Å²) >= 11 is 0. The number of carbonyl (C=O) groups is 1. The van der Waals surface area contributed by atoms with Gasteiger partial charge in [0.25, 0.3) is 0 Å². The van der Waals surface area contributed by atoms with Gasteiger partial charge < -0.3 is 10.1 Å². The van der Waals surface area contributed by atoms with Crippen molar-refractivity contribution in [1.82, 2.24) is 15.3 Å². The van der Waals surface area contributed by atoms with Crippen molar-refractivity contribution in [3.8, 4) is 11.5 Å². The van der Waals surface area contributed by atoms with E-state index in [1.54, 1.807) is 30.6 Å². The van der Waals surface area contributed by atoms with Crippen molar-refractivity contribution in [2.24, 2.45) is 0 Å². The Balaban J connectivity index is 1.62. The van der Waals surface area contributed by atoms with E-state index in [0.29, 0.717) is 17.1 Å². The van der Waals surface area contributed by atoms with Crippen molar-refractivity contribution in [3.05, 3.63) is 90.3 Å². The smallest absolute Gasteiger partial charge is 0.244 e. The van der Waals surface area contributed by atoms with E-state index in [1.807, 2.05) is 31.2 Å². The second kappa shape index (κ2) is 8.71. The van der Waals surface area contributed by atoms with E-state index in [0.717, 1.165) is 5.56 Å². The largest absolute Gasteiger partial charge is 0.454 e. The molecule has 1 atom stereocenters. The van der Waals surface area contributed by atoms with Gasteiger partial charge in [0.15, 0.2) is 5.75 Å². The Kier molecular flexibility index (Phi) is 5.89. The lowest BCUT2D eigenvalue weighted by atomic mass is 10.1. The molecule has 0 aliphatic carbocycles. The normalized spacial score (nSPS) is 11.9. The standard InChI is InChI=1S/C21H18FN3O2/c1-15(25-21(26)9-8-16-4-2-6-18(22)10-16)17-5-3-7-19(11-17)27-20-12-23-14-24-13-20/h2-15H,1H3,(H,25,26). The van der Waals surface area contributed by atoms with Crippen LogP contribution in [0.15, 0.2) is 73.3 Å². The molecule has 0 radical (unpaired) electrons. The van der Waals surface area contributed by atoms with E-state index in [9.17, 15) is 9.18 Å². The molecule has 1 aromatic heterocycles. The Bertz CT molecular complexity index is 945. The first kappa shape index (κ1) is 18.3. The minimum atomic E-state index is -0.341. The summed E-state index contributed by atoms with van der Waals surface area (Å²) in [6.45, 7) is 1.87. The molecule has 6 heteroatoms. The number of rotatable bonds is 6. The van der Waals surface area contributed by atoms with Crippen LogP contribution in [0.2, 0.25) is 0 Å². The first-order valence-corrected chi connectivity index (χ1v) is 8.37. The fourth-order valence-corrected chi connectivity index (χ4v) is 2.45. The summed E-state index contributed by atoms with van der Waals surface area (Å²) in [5.74, 6) is 0.546. The van der Waals surface area contributed by atoms with Crippen molar-refractivity contribution in [2.45, 2.75) is 13.0 Å². The molecule has 1 N–H and O–H groups in total. The molecular formula is C21H18FN3O2.